The summed E-state index contributed by atoms with van der Waals surface area (Å²) in [6.07, 6.45) is -0.794. The first-order chi connectivity index (χ1) is 3.27. The highest BCUT2D eigenvalue weighted by Gasteiger charge is 1.80. The van der Waals surface area contributed by atoms with E-state index in [-0.39, 0.29) is 0 Å². The number of aliphatic hydroxyl groups excluding tert-OH is 1. The van der Waals surface area contributed by atoms with Crippen LogP contribution in [0.5, 0.6) is 0 Å². The van der Waals surface area contributed by atoms with Crippen LogP contribution in [0.15, 0.2) is 0 Å². The molecule has 0 bridgehead atoms. The molecule has 0 aromatic carbocycles. The quantitative estimate of drug-likeness (QED) is 0.324. The molecule has 40 valence electrons. The highest BCUT2D eigenvalue weighted by Crippen LogP contribution is 1.70. The summed E-state index contributed by atoms with van der Waals surface area (Å²) in [7, 11) is 0. The predicted octanol–water partition coefficient (Wildman–Crippen LogP) is -0.290. The molecule has 0 unspecified atom stereocenters. The summed E-state index contributed by atoms with van der Waals surface area (Å²) in [4.78, 5) is 0. The first kappa shape index (κ1) is 6.48. The van der Waals surface area contributed by atoms with Crippen molar-refractivity contribution in [1.29, 1.82) is 0 Å². The van der Waals surface area contributed by atoms with Crippen LogP contribution in [0.3, 0.4) is 0 Å². The monoisotopic (exact) mass is 100 g/mol. The summed E-state index contributed by atoms with van der Waals surface area (Å²) in [5, 5.41) is 16.1. The lowest BCUT2D eigenvalue weighted by Crippen LogP contribution is -1.97. The van der Waals surface area contributed by atoms with Crippen molar-refractivity contribution < 1.29 is 10.2 Å². The lowest BCUT2D eigenvalue weighted by Gasteiger charge is -1.83. The van der Waals surface area contributed by atoms with Crippen molar-refractivity contribution in [3.8, 4) is 11.8 Å². The largest absolute Gasteiger partial charge is 0.358 e. The smallest absolute Gasteiger partial charge is 0.217 e. The molecule has 0 aliphatic rings. The minimum Gasteiger partial charge on any atom is -0.358 e. The molecule has 7 heavy (non-hydrogen) atoms. The summed E-state index contributed by atoms with van der Waals surface area (Å²) >= 11 is 0. The molecular formula is C5H8O2. The highest BCUT2D eigenvalue weighted by molar-refractivity contribution is 4.99. The zero-order valence-electron chi connectivity index (χ0n) is 4.18. The van der Waals surface area contributed by atoms with Gasteiger partial charge in [0.05, 0.1) is 0 Å². The molecule has 2 heteroatoms. The van der Waals surface area contributed by atoms with Crippen LogP contribution in [-0.2, 0) is 0 Å². The Morgan fingerprint density at radius 2 is 2.14 bits per heavy atom. The third kappa shape index (κ3) is 5.48. The predicted molar refractivity (Wildman–Crippen MR) is 26.3 cm³/mol. The van der Waals surface area contributed by atoms with E-state index < -0.39 is 6.29 Å². The lowest BCUT2D eigenvalue weighted by atomic mass is 10.5. The second-order valence-corrected chi connectivity index (χ2v) is 1.05. The highest BCUT2D eigenvalue weighted by atomic mass is 16.5. The minimum absolute atomic E-state index is 0.664. The maximum Gasteiger partial charge on any atom is 0.217 e. The first-order valence-corrected chi connectivity index (χ1v) is 2.12. The average molecular weight is 100 g/mol. The van der Waals surface area contributed by atoms with Crippen LogP contribution in [0.4, 0.5) is 0 Å². The van der Waals surface area contributed by atoms with Gasteiger partial charge in [0.15, 0.2) is 0 Å². The Bertz CT molecular complexity index is 86.0. The Labute approximate surface area is 42.8 Å². The van der Waals surface area contributed by atoms with Crippen LogP contribution in [0, 0.1) is 11.8 Å². The van der Waals surface area contributed by atoms with Gasteiger partial charge in [-0.1, -0.05) is 12.8 Å². The summed E-state index contributed by atoms with van der Waals surface area (Å²) < 4.78 is 0. The molecule has 0 aromatic rings. The number of hydrogen-bond donors (Lipinski definition) is 2. The van der Waals surface area contributed by atoms with Crippen molar-refractivity contribution in [1.82, 2.24) is 0 Å². The molecule has 0 saturated heterocycles. The van der Waals surface area contributed by atoms with E-state index in [1.165, 1.54) is 0 Å². The molecule has 0 rings (SSSR count). The maximum absolute atomic E-state index is 8.07. The van der Waals surface area contributed by atoms with Crippen molar-refractivity contribution >= 4 is 0 Å². The zero-order chi connectivity index (χ0) is 5.70. The van der Waals surface area contributed by atoms with E-state index in [4.69, 9.17) is 10.2 Å². The van der Waals surface area contributed by atoms with Crippen molar-refractivity contribution in [3.63, 3.8) is 0 Å². The van der Waals surface area contributed by atoms with Gasteiger partial charge in [-0.05, 0) is 5.92 Å². The van der Waals surface area contributed by atoms with Crippen LogP contribution in [0.2, 0.25) is 0 Å². The van der Waals surface area contributed by atoms with Crippen LogP contribution in [0.25, 0.3) is 0 Å². The fraction of sp³-hybridized carbons (Fsp3) is 0.600. The Morgan fingerprint density at radius 3 is 2.29 bits per heavy atom. The molecule has 0 aromatic heterocycles. The van der Waals surface area contributed by atoms with Crippen molar-refractivity contribution in [3.05, 3.63) is 0 Å². The van der Waals surface area contributed by atoms with Gasteiger partial charge in [0.1, 0.15) is 0 Å². The Balaban J connectivity index is 3.24. The topological polar surface area (TPSA) is 40.5 Å². The average Bonchev–Trinajstić information content (AvgIpc) is 1.61. The van der Waals surface area contributed by atoms with Gasteiger partial charge >= 0.3 is 0 Å². The molecule has 2 nitrogen and oxygen atoms in total. The van der Waals surface area contributed by atoms with Crippen molar-refractivity contribution in [2.24, 2.45) is 0 Å². The van der Waals surface area contributed by atoms with Gasteiger partial charge in [-0.15, -0.1) is 0 Å². The van der Waals surface area contributed by atoms with E-state index in [0.717, 1.165) is 0 Å². The molecule has 0 radical (unpaired) electrons. The van der Waals surface area contributed by atoms with Crippen LogP contribution in [-0.4, -0.2) is 16.5 Å². The summed E-state index contributed by atoms with van der Waals surface area (Å²) in [5.41, 5.74) is 0. The van der Waals surface area contributed by atoms with E-state index in [2.05, 4.69) is 11.8 Å². The van der Waals surface area contributed by atoms with Crippen LogP contribution < -0.4 is 0 Å². The number of hydrogen-bond acceptors (Lipinski definition) is 2. The van der Waals surface area contributed by atoms with Crippen LogP contribution in [0.1, 0.15) is 13.3 Å². The molecule has 0 aliphatic heterocycles. The van der Waals surface area contributed by atoms with Gasteiger partial charge in [-0.2, -0.15) is 0 Å². The van der Waals surface area contributed by atoms with Gasteiger partial charge in [0.2, 0.25) is 6.29 Å². The number of aliphatic hydroxyl groups is 2. The molecule has 0 aliphatic carbocycles. The molecular weight excluding hydrogens is 92.1 g/mol. The zero-order valence-corrected chi connectivity index (χ0v) is 4.18. The third-order valence-corrected chi connectivity index (χ3v) is 0.408. The van der Waals surface area contributed by atoms with E-state index in [9.17, 15) is 0 Å². The molecule has 0 spiro atoms. The lowest BCUT2D eigenvalue weighted by molar-refractivity contribution is 0.0108. The van der Waals surface area contributed by atoms with Gasteiger partial charge in [0.25, 0.3) is 0 Å². The minimum atomic E-state index is -1.46. The Hall–Kier alpha value is -0.520. The normalized spacial score (nSPS) is 8.00. The molecule has 0 amide bonds. The van der Waals surface area contributed by atoms with Crippen molar-refractivity contribution in [2.45, 2.75) is 19.6 Å². The van der Waals surface area contributed by atoms with E-state index in [0.29, 0.717) is 6.42 Å². The second kappa shape index (κ2) is 3.66. The molecule has 0 atom stereocenters. The molecule has 0 heterocycles. The van der Waals surface area contributed by atoms with Gasteiger partial charge in [0, 0.05) is 6.42 Å². The van der Waals surface area contributed by atoms with E-state index in [1.807, 2.05) is 6.92 Å². The Kier molecular flexibility index (Phi) is 3.39. The standard InChI is InChI=1S/C5H8O2/c1-2-3-4-5(6)7/h5-7H,2H2,1H3. The molecule has 2 N–H and O–H groups in total. The van der Waals surface area contributed by atoms with Crippen molar-refractivity contribution in [2.75, 3.05) is 0 Å². The maximum atomic E-state index is 8.07. The first-order valence-electron chi connectivity index (χ1n) is 2.12. The number of rotatable bonds is 0. The summed E-state index contributed by atoms with van der Waals surface area (Å²) in [6, 6.07) is 0. The van der Waals surface area contributed by atoms with Gasteiger partial charge < -0.3 is 10.2 Å². The van der Waals surface area contributed by atoms with E-state index >= 15 is 0 Å². The fourth-order valence-corrected chi connectivity index (χ4v) is 0.193. The SMILES string of the molecule is CCC#CC(O)O. The summed E-state index contributed by atoms with van der Waals surface area (Å²) in [5.74, 6) is 4.65. The van der Waals surface area contributed by atoms with E-state index in [1.54, 1.807) is 0 Å². The second-order valence-electron chi connectivity index (χ2n) is 1.05. The Morgan fingerprint density at radius 1 is 1.57 bits per heavy atom. The summed E-state index contributed by atoms with van der Waals surface area (Å²) in [6.45, 7) is 1.84. The van der Waals surface area contributed by atoms with Gasteiger partial charge in [-0.3, -0.25) is 0 Å². The fourth-order valence-electron chi connectivity index (χ4n) is 0.193. The van der Waals surface area contributed by atoms with Gasteiger partial charge in [-0.25, -0.2) is 0 Å². The third-order valence-electron chi connectivity index (χ3n) is 0.408. The van der Waals surface area contributed by atoms with Crippen LogP contribution >= 0.6 is 0 Å². The molecule has 0 saturated carbocycles. The molecule has 0 fully saturated rings.